The molecular weight excluding hydrogens is 667 g/mol. The van der Waals surface area contributed by atoms with E-state index in [4.69, 9.17) is 0 Å². The Bertz CT molecular complexity index is 2770. The molecule has 52 heavy (non-hydrogen) atoms. The standard InChI is InChI=1S/C49H33NS2/c1-3-15-32(16-4-1)35-20-13-24-41-47(35)51-45-27-11-8-22-39(45)49(41)40-23-9-12-28-46(40)52-48-36(21-14-25-42(48)49)33-29-30-44-38(31-33)37-19-7-10-26-43(37)50(44)34-17-5-2-6-18-34/h1-17,19-31,34H,18H2. The normalized spacial score (nSPS) is 18.3. The van der Waals surface area contributed by atoms with Crippen molar-refractivity contribution in [3.63, 3.8) is 0 Å². The largest absolute Gasteiger partial charge is 0.333 e. The van der Waals surface area contributed by atoms with E-state index in [0.29, 0.717) is 6.04 Å². The molecule has 0 amide bonds. The molecule has 1 spiro atoms. The molecule has 0 fully saturated rings. The van der Waals surface area contributed by atoms with Crippen LogP contribution in [0.25, 0.3) is 44.1 Å². The number of hydrogen-bond acceptors (Lipinski definition) is 2. The fraction of sp³-hybridized carbons (Fsp3) is 0.0612. The summed E-state index contributed by atoms with van der Waals surface area (Å²) in [5.41, 5.74) is 12.6. The van der Waals surface area contributed by atoms with Crippen LogP contribution in [0.2, 0.25) is 0 Å². The number of fused-ring (bicyclic) bond motifs is 11. The minimum atomic E-state index is -0.476. The summed E-state index contributed by atoms with van der Waals surface area (Å²) in [6.07, 6.45) is 9.97. The van der Waals surface area contributed by atoms with E-state index >= 15 is 0 Å². The number of allylic oxidation sites excluding steroid dienone is 4. The van der Waals surface area contributed by atoms with Crippen molar-refractivity contribution in [2.45, 2.75) is 37.5 Å². The highest BCUT2D eigenvalue weighted by Gasteiger charge is 2.49. The molecule has 8 aromatic rings. The Morgan fingerprint density at radius 1 is 0.481 bits per heavy atom. The van der Waals surface area contributed by atoms with Crippen molar-refractivity contribution in [1.29, 1.82) is 0 Å². The highest BCUT2D eigenvalue weighted by atomic mass is 32.2. The molecule has 0 saturated heterocycles. The molecule has 1 aliphatic carbocycles. The van der Waals surface area contributed by atoms with Crippen LogP contribution in [0.1, 0.15) is 34.7 Å². The van der Waals surface area contributed by atoms with Gasteiger partial charge in [0, 0.05) is 41.4 Å². The molecular formula is C49H33NS2. The fourth-order valence-electron chi connectivity index (χ4n) is 9.07. The molecule has 246 valence electrons. The lowest BCUT2D eigenvalue weighted by Crippen LogP contribution is -2.37. The number of para-hydroxylation sites is 1. The second kappa shape index (κ2) is 11.8. The summed E-state index contributed by atoms with van der Waals surface area (Å²) in [5, 5.41) is 2.61. The maximum atomic E-state index is 2.53. The first-order chi connectivity index (χ1) is 25.8. The van der Waals surface area contributed by atoms with Crippen molar-refractivity contribution in [2.75, 3.05) is 0 Å². The minimum Gasteiger partial charge on any atom is -0.333 e. The zero-order valence-corrected chi connectivity index (χ0v) is 30.0. The predicted molar refractivity (Wildman–Crippen MR) is 219 cm³/mol. The van der Waals surface area contributed by atoms with Crippen LogP contribution in [0, 0.1) is 0 Å². The lowest BCUT2D eigenvalue weighted by molar-refractivity contribution is 0.648. The van der Waals surface area contributed by atoms with Gasteiger partial charge in [0.1, 0.15) is 0 Å². The van der Waals surface area contributed by atoms with Crippen molar-refractivity contribution >= 4 is 45.3 Å². The Balaban J connectivity index is 1.19. The second-order valence-electron chi connectivity index (χ2n) is 13.9. The molecule has 0 N–H and O–H groups in total. The lowest BCUT2D eigenvalue weighted by atomic mass is 9.64. The van der Waals surface area contributed by atoms with Gasteiger partial charge in [-0.15, -0.1) is 0 Å². The maximum Gasteiger partial charge on any atom is 0.0745 e. The fourth-order valence-corrected chi connectivity index (χ4v) is 11.7. The minimum absolute atomic E-state index is 0.305. The van der Waals surface area contributed by atoms with Gasteiger partial charge in [-0.25, -0.2) is 0 Å². The number of benzene rings is 7. The molecule has 7 aromatic carbocycles. The molecule has 1 nitrogen and oxygen atoms in total. The Hall–Kier alpha value is -5.48. The van der Waals surface area contributed by atoms with Gasteiger partial charge in [-0.2, -0.15) is 0 Å². The highest BCUT2D eigenvalue weighted by Crippen LogP contribution is 2.63. The van der Waals surface area contributed by atoms with Gasteiger partial charge in [0.05, 0.1) is 11.5 Å². The van der Waals surface area contributed by atoms with Gasteiger partial charge < -0.3 is 4.57 Å². The molecule has 3 heteroatoms. The molecule has 2 aliphatic heterocycles. The first-order valence-electron chi connectivity index (χ1n) is 18.0. The number of nitrogens with zero attached hydrogens (tertiary/aromatic N) is 1. The van der Waals surface area contributed by atoms with Crippen LogP contribution in [0.4, 0.5) is 0 Å². The Morgan fingerprint density at radius 3 is 1.77 bits per heavy atom. The maximum absolute atomic E-state index is 2.53. The van der Waals surface area contributed by atoms with Crippen LogP contribution in [0.3, 0.4) is 0 Å². The predicted octanol–water partition coefficient (Wildman–Crippen LogP) is 13.5. The number of aromatic nitrogens is 1. The molecule has 1 aromatic heterocycles. The lowest BCUT2D eigenvalue weighted by Gasteiger charge is -2.46. The van der Waals surface area contributed by atoms with Crippen LogP contribution < -0.4 is 0 Å². The van der Waals surface area contributed by atoms with E-state index in [1.54, 1.807) is 0 Å². The average Bonchev–Trinajstić information content (AvgIpc) is 3.55. The van der Waals surface area contributed by atoms with Crippen molar-refractivity contribution in [1.82, 2.24) is 4.57 Å². The van der Waals surface area contributed by atoms with Gasteiger partial charge in [0.2, 0.25) is 0 Å². The van der Waals surface area contributed by atoms with Crippen LogP contribution in [-0.4, -0.2) is 4.57 Å². The van der Waals surface area contributed by atoms with E-state index in [1.807, 2.05) is 23.5 Å². The van der Waals surface area contributed by atoms with Gasteiger partial charge in [-0.05, 0) is 81.3 Å². The third kappa shape index (κ3) is 4.27. The van der Waals surface area contributed by atoms with E-state index in [2.05, 4.69) is 187 Å². The van der Waals surface area contributed by atoms with Crippen molar-refractivity contribution in [2.24, 2.45) is 0 Å². The molecule has 2 unspecified atom stereocenters. The monoisotopic (exact) mass is 699 g/mol. The van der Waals surface area contributed by atoms with E-state index in [1.165, 1.54) is 85.9 Å². The molecule has 11 rings (SSSR count). The summed E-state index contributed by atoms with van der Waals surface area (Å²) >= 11 is 3.85. The third-order valence-corrected chi connectivity index (χ3v) is 13.7. The van der Waals surface area contributed by atoms with E-state index in [9.17, 15) is 0 Å². The highest BCUT2D eigenvalue weighted by molar-refractivity contribution is 8.00. The Morgan fingerprint density at radius 2 is 1.08 bits per heavy atom. The summed E-state index contributed by atoms with van der Waals surface area (Å²) in [4.78, 5) is 5.31. The van der Waals surface area contributed by atoms with Gasteiger partial charge in [0.15, 0.2) is 0 Å². The van der Waals surface area contributed by atoms with Gasteiger partial charge in [-0.3, -0.25) is 0 Å². The summed E-state index contributed by atoms with van der Waals surface area (Å²) in [5.74, 6) is 0. The van der Waals surface area contributed by atoms with E-state index < -0.39 is 5.41 Å². The summed E-state index contributed by atoms with van der Waals surface area (Å²) < 4.78 is 2.53. The molecule has 3 heterocycles. The number of hydrogen-bond donors (Lipinski definition) is 0. The molecule has 2 atom stereocenters. The first-order valence-corrected chi connectivity index (χ1v) is 19.7. The van der Waals surface area contributed by atoms with E-state index in [0.717, 1.165) is 6.42 Å². The third-order valence-electron chi connectivity index (χ3n) is 11.2. The zero-order chi connectivity index (χ0) is 34.2. The van der Waals surface area contributed by atoms with Crippen LogP contribution in [-0.2, 0) is 5.41 Å². The quantitative estimate of drug-likeness (QED) is 0.181. The first kappa shape index (κ1) is 30.2. The zero-order valence-electron chi connectivity index (χ0n) is 28.4. The van der Waals surface area contributed by atoms with Crippen molar-refractivity contribution in [3.05, 3.63) is 204 Å². The van der Waals surface area contributed by atoms with Crippen molar-refractivity contribution < 1.29 is 0 Å². The molecule has 0 saturated carbocycles. The summed E-state index contributed by atoms with van der Waals surface area (Å²) in [6.45, 7) is 0. The molecule has 3 aliphatic rings. The molecule has 0 radical (unpaired) electrons. The SMILES string of the molecule is C1=CCC(n2c3ccccc3c3cc(-c4cccc5c4Sc4ccccc4C54c5ccccc5Sc5c(-c6ccccc6)cccc54)ccc32)C=C1. The second-order valence-corrected chi connectivity index (χ2v) is 16.0. The van der Waals surface area contributed by atoms with Crippen LogP contribution in [0.5, 0.6) is 0 Å². The topological polar surface area (TPSA) is 4.93 Å². The summed E-state index contributed by atoms with van der Waals surface area (Å²) in [6, 6.07) is 59.5. The van der Waals surface area contributed by atoms with Gasteiger partial charge in [0.25, 0.3) is 0 Å². The van der Waals surface area contributed by atoms with E-state index in [-0.39, 0.29) is 0 Å². The smallest absolute Gasteiger partial charge is 0.0745 e. The van der Waals surface area contributed by atoms with Crippen molar-refractivity contribution in [3.8, 4) is 22.3 Å². The van der Waals surface area contributed by atoms with Gasteiger partial charge >= 0.3 is 0 Å². The Kier molecular flexibility index (Phi) is 6.83. The Labute approximate surface area is 312 Å². The van der Waals surface area contributed by atoms with Gasteiger partial charge in [-0.1, -0.05) is 175 Å². The number of rotatable bonds is 3. The average molecular weight is 700 g/mol. The molecule has 0 bridgehead atoms. The summed E-state index contributed by atoms with van der Waals surface area (Å²) in [7, 11) is 0. The van der Waals surface area contributed by atoms with Crippen LogP contribution >= 0.6 is 23.5 Å². The van der Waals surface area contributed by atoms with Crippen LogP contribution in [0.15, 0.2) is 202 Å².